The number of benzene rings is 1. The number of carbonyl (C=O) groups is 2. The van der Waals surface area contributed by atoms with Crippen LogP contribution in [0.15, 0.2) is 59.7 Å². The number of aryl methyl sites for hydroxylation is 1. The number of rotatable bonds is 18. The van der Waals surface area contributed by atoms with Crippen LogP contribution in [0.3, 0.4) is 0 Å². The van der Waals surface area contributed by atoms with E-state index >= 15 is 0 Å². The minimum Gasteiger partial charge on any atom is -0.366 e. The molecule has 0 bridgehead atoms. The average molecular weight is 480 g/mol. The fourth-order valence-electron chi connectivity index (χ4n) is 4.68. The molecule has 0 radical (unpaired) electrons. The lowest BCUT2D eigenvalue weighted by Gasteiger charge is -2.16. The molecule has 1 atom stereocenters. The van der Waals surface area contributed by atoms with Crippen molar-refractivity contribution in [3.8, 4) is 0 Å². The molecule has 1 unspecified atom stereocenters. The van der Waals surface area contributed by atoms with Gasteiger partial charge in [0.25, 0.3) is 0 Å². The smallest absolute Gasteiger partial charge is 0.248 e. The van der Waals surface area contributed by atoms with Crippen molar-refractivity contribution in [2.24, 2.45) is 17.6 Å². The van der Waals surface area contributed by atoms with Crippen molar-refractivity contribution in [3.63, 3.8) is 0 Å². The van der Waals surface area contributed by atoms with Crippen LogP contribution >= 0.6 is 0 Å². The quantitative estimate of drug-likeness (QED) is 0.130. The highest BCUT2D eigenvalue weighted by Crippen LogP contribution is 2.24. The van der Waals surface area contributed by atoms with Gasteiger partial charge in [0.15, 0.2) is 5.78 Å². The molecule has 0 aliphatic carbocycles. The Labute approximate surface area is 215 Å². The second kappa shape index (κ2) is 17.1. The van der Waals surface area contributed by atoms with E-state index in [9.17, 15) is 9.59 Å². The molecule has 3 heteroatoms. The molecule has 1 aromatic carbocycles. The minimum atomic E-state index is -0.419. The molecule has 0 fully saturated rings. The highest BCUT2D eigenvalue weighted by molar-refractivity contribution is 5.96. The van der Waals surface area contributed by atoms with Gasteiger partial charge in [-0.15, -0.1) is 0 Å². The summed E-state index contributed by atoms with van der Waals surface area (Å²) < 4.78 is 0. The zero-order chi connectivity index (χ0) is 26.2. The number of amides is 1. The molecule has 194 valence electrons. The van der Waals surface area contributed by atoms with Crippen LogP contribution in [0.5, 0.6) is 0 Å². The maximum Gasteiger partial charge on any atom is 0.248 e. The molecule has 1 rings (SSSR count). The highest BCUT2D eigenvalue weighted by atomic mass is 16.1. The summed E-state index contributed by atoms with van der Waals surface area (Å²) >= 11 is 0. The molecule has 1 amide bonds. The highest BCUT2D eigenvalue weighted by Gasteiger charge is 2.12. The van der Waals surface area contributed by atoms with E-state index in [4.69, 9.17) is 5.73 Å². The van der Waals surface area contributed by atoms with Gasteiger partial charge in [-0.2, -0.15) is 0 Å². The van der Waals surface area contributed by atoms with Gasteiger partial charge in [0.1, 0.15) is 0 Å². The van der Waals surface area contributed by atoms with Gasteiger partial charge in [-0.25, -0.2) is 0 Å². The minimum absolute atomic E-state index is 0.229. The summed E-state index contributed by atoms with van der Waals surface area (Å²) in [7, 11) is 0. The fourth-order valence-corrected chi connectivity index (χ4v) is 4.68. The number of hydrogen-bond acceptors (Lipinski definition) is 2. The lowest BCUT2D eigenvalue weighted by Crippen LogP contribution is -2.15. The molecule has 0 saturated heterocycles. The number of primary amides is 1. The van der Waals surface area contributed by atoms with E-state index in [0.29, 0.717) is 30.3 Å². The summed E-state index contributed by atoms with van der Waals surface area (Å²) in [5, 5.41) is 0. The molecule has 0 heterocycles. The zero-order valence-electron chi connectivity index (χ0n) is 23.0. The van der Waals surface area contributed by atoms with Crippen LogP contribution in [-0.4, -0.2) is 11.7 Å². The summed E-state index contributed by atoms with van der Waals surface area (Å²) in [5.74, 6) is 0.965. The Bertz CT molecular complexity index is 854. The van der Waals surface area contributed by atoms with E-state index in [1.165, 1.54) is 36.8 Å². The summed E-state index contributed by atoms with van der Waals surface area (Å²) in [6, 6.07) is 7.98. The lowest BCUT2D eigenvalue weighted by molar-refractivity contribution is -0.114. The van der Waals surface area contributed by atoms with Crippen molar-refractivity contribution in [1.82, 2.24) is 0 Å². The third-order valence-corrected chi connectivity index (χ3v) is 6.94. The summed E-state index contributed by atoms with van der Waals surface area (Å²) in [4.78, 5) is 24.5. The van der Waals surface area contributed by atoms with Crippen LogP contribution < -0.4 is 5.73 Å². The van der Waals surface area contributed by atoms with Gasteiger partial charge in [-0.1, -0.05) is 95.9 Å². The first-order chi connectivity index (χ1) is 16.7. The Hall–Kier alpha value is -2.42. The van der Waals surface area contributed by atoms with E-state index in [0.717, 1.165) is 43.2 Å². The first-order valence-corrected chi connectivity index (χ1v) is 13.7. The van der Waals surface area contributed by atoms with Gasteiger partial charge in [-0.3, -0.25) is 9.59 Å². The monoisotopic (exact) mass is 479 g/mol. The van der Waals surface area contributed by atoms with E-state index in [2.05, 4.69) is 47.3 Å². The largest absolute Gasteiger partial charge is 0.366 e. The molecule has 0 spiro atoms. The molecular formula is C32H49NO2. The molecule has 0 aliphatic heterocycles. The molecule has 1 aromatic rings. The van der Waals surface area contributed by atoms with Crippen LogP contribution in [0, 0.1) is 11.8 Å². The molecule has 3 nitrogen and oxygen atoms in total. The third-order valence-electron chi connectivity index (χ3n) is 6.94. The Morgan fingerprint density at radius 2 is 1.51 bits per heavy atom. The van der Waals surface area contributed by atoms with E-state index in [1.54, 1.807) is 0 Å². The Balaban J connectivity index is 2.65. The lowest BCUT2D eigenvalue weighted by atomic mass is 9.90. The molecular weight excluding hydrogens is 430 g/mol. The van der Waals surface area contributed by atoms with Crippen molar-refractivity contribution in [1.29, 1.82) is 0 Å². The number of nitrogens with two attached hydrogens (primary N) is 1. The SMILES string of the molecule is C=C(CCCc1ccc(C(=O)CCC(C)CCC)cc1)/C(=C\C=C(/C)C(CCC)CCC)C(N)=O. The molecule has 2 N–H and O–H groups in total. The van der Waals surface area contributed by atoms with Gasteiger partial charge in [0, 0.05) is 17.6 Å². The maximum atomic E-state index is 12.5. The normalized spacial score (nSPS) is 13.2. The van der Waals surface area contributed by atoms with E-state index < -0.39 is 5.91 Å². The first-order valence-electron chi connectivity index (χ1n) is 13.7. The molecule has 0 aliphatic rings. The van der Waals surface area contributed by atoms with Crippen LogP contribution in [-0.2, 0) is 11.2 Å². The van der Waals surface area contributed by atoms with Gasteiger partial charge < -0.3 is 5.73 Å². The third kappa shape index (κ3) is 11.7. The Kier molecular flexibility index (Phi) is 14.9. The topological polar surface area (TPSA) is 60.2 Å². The van der Waals surface area contributed by atoms with Crippen molar-refractivity contribution in [3.05, 3.63) is 70.8 Å². The number of hydrogen-bond donors (Lipinski definition) is 1. The maximum absolute atomic E-state index is 12.5. The zero-order valence-corrected chi connectivity index (χ0v) is 23.0. The van der Waals surface area contributed by atoms with Crippen LogP contribution in [0.4, 0.5) is 0 Å². The van der Waals surface area contributed by atoms with Gasteiger partial charge in [0.2, 0.25) is 5.91 Å². The van der Waals surface area contributed by atoms with Gasteiger partial charge in [-0.05, 0) is 74.5 Å². The standard InChI is InChI=1S/C32H49NO2/c1-7-11-24(4)16-23-31(34)29-20-18-27(19-21-29)15-10-14-26(6)30(32(33)35)22-17-25(5)28(12-8-2)13-9-3/h17-22,24,28H,6-16,23H2,1-5H3,(H2,33,35)/b25-17+,30-22+. The van der Waals surface area contributed by atoms with Crippen molar-refractivity contribution in [2.75, 3.05) is 0 Å². The van der Waals surface area contributed by atoms with Gasteiger partial charge in [0.05, 0.1) is 0 Å². The Morgan fingerprint density at radius 1 is 0.914 bits per heavy atom. The van der Waals surface area contributed by atoms with Crippen LogP contribution in [0.25, 0.3) is 0 Å². The number of ketones is 1. The summed E-state index contributed by atoms with van der Waals surface area (Å²) in [5.41, 5.74) is 10.3. The number of carbonyl (C=O) groups excluding carboxylic acids is 2. The number of Topliss-reactive ketones (excluding diaryl/α,β-unsaturated/α-hetero) is 1. The summed E-state index contributed by atoms with van der Waals surface area (Å²) in [6.07, 6.45) is 14.9. The fraction of sp³-hybridized carbons (Fsp3) is 0.562. The van der Waals surface area contributed by atoms with Crippen molar-refractivity contribution in [2.45, 2.75) is 105 Å². The average Bonchev–Trinajstić information content (AvgIpc) is 2.82. The second-order valence-corrected chi connectivity index (χ2v) is 10.1. The predicted octanol–water partition coefficient (Wildman–Crippen LogP) is 8.54. The van der Waals surface area contributed by atoms with Crippen molar-refractivity contribution < 1.29 is 9.59 Å². The molecule has 0 aromatic heterocycles. The van der Waals surface area contributed by atoms with Crippen molar-refractivity contribution >= 4 is 11.7 Å². The molecule has 35 heavy (non-hydrogen) atoms. The van der Waals surface area contributed by atoms with Gasteiger partial charge >= 0.3 is 0 Å². The predicted molar refractivity (Wildman–Crippen MR) is 150 cm³/mol. The van der Waals surface area contributed by atoms with Crippen LogP contribution in [0.2, 0.25) is 0 Å². The van der Waals surface area contributed by atoms with E-state index in [1.807, 2.05) is 30.3 Å². The van der Waals surface area contributed by atoms with E-state index in [-0.39, 0.29) is 5.78 Å². The van der Waals surface area contributed by atoms with Crippen LogP contribution in [0.1, 0.15) is 115 Å². The number of allylic oxidation sites excluding steroid dienone is 3. The summed E-state index contributed by atoms with van der Waals surface area (Å²) in [6.45, 7) is 15.1. The molecule has 0 saturated carbocycles. The first kappa shape index (κ1) is 30.6. The second-order valence-electron chi connectivity index (χ2n) is 10.1. The Morgan fingerprint density at radius 3 is 2.06 bits per heavy atom.